The summed E-state index contributed by atoms with van der Waals surface area (Å²) in [6, 6.07) is 25.1. The fourth-order valence-corrected chi connectivity index (χ4v) is 4.47. The number of aromatic amines is 1. The quantitative estimate of drug-likeness (QED) is 0.336. The van der Waals surface area contributed by atoms with Crippen LogP contribution in [0.5, 0.6) is 0 Å². The summed E-state index contributed by atoms with van der Waals surface area (Å²) in [6.07, 6.45) is 5.22. The summed E-state index contributed by atoms with van der Waals surface area (Å²) in [5, 5.41) is 21.3. The third kappa shape index (κ3) is 3.20. The number of fused-ring (bicyclic) bond motifs is 6. The minimum Gasteiger partial charge on any atom is -0.476 e. The van der Waals surface area contributed by atoms with E-state index in [2.05, 4.69) is 58.7 Å². The van der Waals surface area contributed by atoms with E-state index in [-0.39, 0.29) is 5.69 Å². The number of aryl methyl sites for hydroxylation is 2. The van der Waals surface area contributed by atoms with Gasteiger partial charge in [-0.1, -0.05) is 66.7 Å². The lowest BCUT2D eigenvalue weighted by Crippen LogP contribution is -2.02. The van der Waals surface area contributed by atoms with Crippen molar-refractivity contribution in [1.29, 1.82) is 0 Å². The summed E-state index contributed by atoms with van der Waals surface area (Å²) in [5.74, 6) is -1.01. The summed E-state index contributed by atoms with van der Waals surface area (Å²) in [7, 11) is 0. The predicted molar refractivity (Wildman–Crippen MR) is 121 cm³/mol. The van der Waals surface area contributed by atoms with Crippen molar-refractivity contribution in [3.63, 3.8) is 0 Å². The van der Waals surface area contributed by atoms with E-state index < -0.39 is 5.97 Å². The van der Waals surface area contributed by atoms with E-state index in [0.29, 0.717) is 5.39 Å². The van der Waals surface area contributed by atoms with Crippen LogP contribution in [0.25, 0.3) is 32.4 Å². The van der Waals surface area contributed by atoms with Crippen molar-refractivity contribution in [3.05, 3.63) is 89.6 Å². The lowest BCUT2D eigenvalue weighted by molar-refractivity contribution is 0.0692. The Labute approximate surface area is 174 Å². The van der Waals surface area contributed by atoms with Gasteiger partial charge in [0.05, 0.1) is 5.52 Å². The molecule has 4 nitrogen and oxygen atoms in total. The lowest BCUT2D eigenvalue weighted by atomic mass is 9.86. The lowest BCUT2D eigenvalue weighted by Gasteiger charge is -2.18. The van der Waals surface area contributed by atoms with Crippen LogP contribution in [0.2, 0.25) is 0 Å². The van der Waals surface area contributed by atoms with Crippen LogP contribution in [-0.4, -0.2) is 21.3 Å². The van der Waals surface area contributed by atoms with E-state index >= 15 is 0 Å². The molecule has 148 valence electrons. The SMILES string of the molecule is O=C(O)c1n[nH]c2ccccc12.c1ccc2c(c1)ccc1c3c(ccc12)CCCC3. The van der Waals surface area contributed by atoms with Gasteiger partial charge >= 0.3 is 5.97 Å². The van der Waals surface area contributed by atoms with Crippen molar-refractivity contribution in [2.75, 3.05) is 0 Å². The van der Waals surface area contributed by atoms with Crippen molar-refractivity contribution in [2.45, 2.75) is 25.7 Å². The van der Waals surface area contributed by atoms with Gasteiger partial charge < -0.3 is 5.11 Å². The Kier molecular flexibility index (Phi) is 4.68. The van der Waals surface area contributed by atoms with Crippen LogP contribution in [-0.2, 0) is 12.8 Å². The molecule has 4 aromatic carbocycles. The number of hydrogen-bond acceptors (Lipinski definition) is 2. The number of rotatable bonds is 1. The minimum atomic E-state index is -1.01. The van der Waals surface area contributed by atoms with E-state index in [4.69, 9.17) is 5.11 Å². The highest BCUT2D eigenvalue weighted by molar-refractivity contribution is 6.08. The highest BCUT2D eigenvalue weighted by Gasteiger charge is 2.13. The number of nitrogens with zero attached hydrogens (tertiary/aromatic N) is 1. The normalized spacial score (nSPS) is 13.1. The molecule has 30 heavy (non-hydrogen) atoms. The molecular weight excluding hydrogens is 372 g/mol. The first-order chi connectivity index (χ1) is 14.7. The van der Waals surface area contributed by atoms with Gasteiger partial charge in [-0.25, -0.2) is 4.79 Å². The second-order valence-corrected chi connectivity index (χ2v) is 7.72. The molecule has 0 fully saturated rings. The Morgan fingerprint density at radius 1 is 0.767 bits per heavy atom. The van der Waals surface area contributed by atoms with E-state index in [0.717, 1.165) is 5.52 Å². The maximum Gasteiger partial charge on any atom is 0.357 e. The van der Waals surface area contributed by atoms with Gasteiger partial charge in [0, 0.05) is 5.39 Å². The first kappa shape index (κ1) is 18.4. The fourth-order valence-electron chi connectivity index (χ4n) is 4.47. The third-order valence-corrected chi connectivity index (χ3v) is 5.93. The Bertz CT molecular complexity index is 1380. The van der Waals surface area contributed by atoms with Crippen LogP contribution < -0.4 is 0 Å². The fraction of sp³-hybridized carbons (Fsp3) is 0.154. The number of para-hydroxylation sites is 1. The van der Waals surface area contributed by atoms with Gasteiger partial charge in [-0.2, -0.15) is 5.10 Å². The van der Waals surface area contributed by atoms with Gasteiger partial charge in [0.2, 0.25) is 0 Å². The largest absolute Gasteiger partial charge is 0.476 e. The summed E-state index contributed by atoms with van der Waals surface area (Å²) < 4.78 is 0. The molecule has 4 heteroatoms. The van der Waals surface area contributed by atoms with Crippen molar-refractivity contribution >= 4 is 38.4 Å². The van der Waals surface area contributed by atoms with Crippen LogP contribution in [0.3, 0.4) is 0 Å². The molecular formula is C26H22N2O2. The van der Waals surface area contributed by atoms with Crippen LogP contribution in [0, 0.1) is 0 Å². The summed E-state index contributed by atoms with van der Waals surface area (Å²) in [5.41, 5.74) is 3.99. The summed E-state index contributed by atoms with van der Waals surface area (Å²) in [6.45, 7) is 0. The number of benzene rings is 4. The number of H-pyrrole nitrogens is 1. The van der Waals surface area contributed by atoms with Crippen LogP contribution in [0.4, 0.5) is 0 Å². The Morgan fingerprint density at radius 2 is 1.50 bits per heavy atom. The second kappa shape index (κ2) is 7.64. The molecule has 1 aliphatic carbocycles. The van der Waals surface area contributed by atoms with E-state index in [9.17, 15) is 4.79 Å². The molecule has 2 N–H and O–H groups in total. The standard InChI is InChI=1S/C18H16.C8H6N2O2/c1-3-7-15-13(5-1)9-11-18-16-8-4-2-6-14(16)10-12-17(15)18;11-8(12)7-5-3-1-2-4-6(5)9-10-7/h1,3,5,7,9-12H,2,4,6,8H2;1-4H,(H,9,10)(H,11,12). The monoisotopic (exact) mass is 394 g/mol. The number of nitrogens with one attached hydrogen (secondary N) is 1. The third-order valence-electron chi connectivity index (χ3n) is 5.93. The Balaban J connectivity index is 0.000000140. The average molecular weight is 394 g/mol. The van der Waals surface area contributed by atoms with E-state index in [1.807, 2.05) is 6.07 Å². The van der Waals surface area contributed by atoms with Crippen molar-refractivity contribution in [3.8, 4) is 0 Å². The number of carboxylic acids is 1. The molecule has 5 aromatic rings. The Morgan fingerprint density at radius 3 is 2.37 bits per heavy atom. The highest BCUT2D eigenvalue weighted by Crippen LogP contribution is 2.33. The zero-order valence-corrected chi connectivity index (χ0v) is 16.6. The smallest absolute Gasteiger partial charge is 0.357 e. The van der Waals surface area contributed by atoms with Gasteiger partial charge in [-0.15, -0.1) is 0 Å². The maximum atomic E-state index is 10.6. The number of aromatic nitrogens is 2. The zero-order chi connectivity index (χ0) is 20.5. The maximum absolute atomic E-state index is 10.6. The minimum absolute atomic E-state index is 0.0746. The number of carboxylic acid groups (broad SMARTS) is 1. The first-order valence-electron chi connectivity index (χ1n) is 10.3. The van der Waals surface area contributed by atoms with E-state index in [1.54, 1.807) is 29.3 Å². The number of hydrogen-bond donors (Lipinski definition) is 2. The van der Waals surface area contributed by atoms with Gasteiger partial charge in [-0.05, 0) is 64.4 Å². The van der Waals surface area contributed by atoms with Gasteiger partial charge in [-0.3, -0.25) is 5.10 Å². The molecule has 0 aliphatic heterocycles. The van der Waals surface area contributed by atoms with Gasteiger partial charge in [0.1, 0.15) is 0 Å². The van der Waals surface area contributed by atoms with E-state index in [1.165, 1.54) is 47.2 Å². The number of aromatic carboxylic acids is 1. The van der Waals surface area contributed by atoms with Crippen LogP contribution in [0.1, 0.15) is 34.5 Å². The van der Waals surface area contributed by atoms with Gasteiger partial charge in [0.15, 0.2) is 5.69 Å². The molecule has 0 spiro atoms. The Hall–Kier alpha value is -3.66. The van der Waals surface area contributed by atoms with Crippen LogP contribution >= 0.6 is 0 Å². The van der Waals surface area contributed by atoms with Crippen molar-refractivity contribution in [2.24, 2.45) is 0 Å². The molecule has 1 aromatic heterocycles. The molecule has 0 atom stereocenters. The van der Waals surface area contributed by atoms with Crippen molar-refractivity contribution in [1.82, 2.24) is 10.2 Å². The molecule has 0 saturated heterocycles. The predicted octanol–water partition coefficient (Wildman–Crippen LogP) is 6.13. The number of carbonyl (C=O) groups is 1. The molecule has 1 heterocycles. The highest BCUT2D eigenvalue weighted by atomic mass is 16.4. The second-order valence-electron chi connectivity index (χ2n) is 7.72. The topological polar surface area (TPSA) is 66.0 Å². The molecule has 0 bridgehead atoms. The van der Waals surface area contributed by atoms with Crippen LogP contribution in [0.15, 0.2) is 72.8 Å². The molecule has 0 radical (unpaired) electrons. The first-order valence-corrected chi connectivity index (χ1v) is 10.3. The van der Waals surface area contributed by atoms with Gasteiger partial charge in [0.25, 0.3) is 0 Å². The average Bonchev–Trinajstić information content (AvgIpc) is 3.24. The molecule has 6 rings (SSSR count). The molecule has 0 unspecified atom stereocenters. The zero-order valence-electron chi connectivity index (χ0n) is 16.6. The molecule has 1 aliphatic rings. The summed E-state index contributed by atoms with van der Waals surface area (Å²) in [4.78, 5) is 10.6. The molecule has 0 amide bonds. The van der Waals surface area contributed by atoms with Crippen molar-refractivity contribution < 1.29 is 9.90 Å². The summed E-state index contributed by atoms with van der Waals surface area (Å²) >= 11 is 0. The molecule has 0 saturated carbocycles.